The van der Waals surface area contributed by atoms with Gasteiger partial charge in [-0.05, 0) is 50.7 Å². The Balaban J connectivity index is 1.77. The first-order chi connectivity index (χ1) is 14.6. The predicted octanol–water partition coefficient (Wildman–Crippen LogP) is 4.82. The van der Waals surface area contributed by atoms with E-state index < -0.39 is 0 Å². The molecular formula is C23H24N4O2S. The van der Waals surface area contributed by atoms with Crippen molar-refractivity contribution in [2.45, 2.75) is 26.8 Å². The second kappa shape index (κ2) is 8.67. The fourth-order valence-corrected chi connectivity index (χ4v) is 4.03. The molecule has 3 aromatic rings. The fraction of sp³-hybridized carbons (Fsp3) is 0.261. The molecular weight excluding hydrogens is 396 g/mol. The highest BCUT2D eigenvalue weighted by atomic mass is 32.1. The second-order valence-electron chi connectivity index (χ2n) is 6.92. The van der Waals surface area contributed by atoms with E-state index in [1.165, 1.54) is 0 Å². The lowest BCUT2D eigenvalue weighted by Gasteiger charge is -2.36. The summed E-state index contributed by atoms with van der Waals surface area (Å²) in [6.45, 7) is 7.45. The van der Waals surface area contributed by atoms with Gasteiger partial charge in [-0.1, -0.05) is 47.6 Å². The average Bonchev–Trinajstić information content (AvgIpc) is 3.25. The van der Waals surface area contributed by atoms with Gasteiger partial charge in [-0.2, -0.15) is 4.98 Å². The van der Waals surface area contributed by atoms with Crippen LogP contribution in [0, 0.1) is 0 Å². The molecule has 0 fully saturated rings. The standard InChI is InChI=1S/C23H24N4O2S/c1-4-27-15(3)19(22-25-21(26-29-22)17-9-7-6-8-10-17)20(24-23(27)30)16-11-13-18(14-12-16)28-5-2/h6-14,20H,4-5H2,1-3H3,(H,24,30). The molecule has 30 heavy (non-hydrogen) atoms. The normalized spacial score (nSPS) is 16.6. The van der Waals surface area contributed by atoms with Gasteiger partial charge in [0.15, 0.2) is 5.11 Å². The van der Waals surface area contributed by atoms with Gasteiger partial charge < -0.3 is 19.5 Å². The minimum Gasteiger partial charge on any atom is -0.494 e. The van der Waals surface area contributed by atoms with Crippen molar-refractivity contribution in [2.24, 2.45) is 0 Å². The maximum Gasteiger partial charge on any atom is 0.258 e. The summed E-state index contributed by atoms with van der Waals surface area (Å²) in [6.07, 6.45) is 0. The molecule has 0 bridgehead atoms. The van der Waals surface area contributed by atoms with E-state index in [1.807, 2.05) is 73.3 Å². The molecule has 0 spiro atoms. The van der Waals surface area contributed by atoms with Gasteiger partial charge in [-0.25, -0.2) is 0 Å². The molecule has 1 aliphatic rings. The van der Waals surface area contributed by atoms with E-state index in [4.69, 9.17) is 26.5 Å². The minimum atomic E-state index is -0.194. The van der Waals surface area contributed by atoms with Crippen molar-refractivity contribution in [1.29, 1.82) is 0 Å². The van der Waals surface area contributed by atoms with Crippen LogP contribution in [0.2, 0.25) is 0 Å². The zero-order valence-corrected chi connectivity index (χ0v) is 18.1. The van der Waals surface area contributed by atoms with E-state index >= 15 is 0 Å². The number of aromatic nitrogens is 2. The van der Waals surface area contributed by atoms with Crippen LogP contribution >= 0.6 is 12.2 Å². The molecule has 0 saturated carbocycles. The first kappa shape index (κ1) is 20.1. The van der Waals surface area contributed by atoms with Crippen LogP contribution in [0.25, 0.3) is 17.0 Å². The number of nitrogens with one attached hydrogen (secondary N) is 1. The Morgan fingerprint density at radius 1 is 1.10 bits per heavy atom. The lowest BCUT2D eigenvalue weighted by atomic mass is 9.94. The smallest absolute Gasteiger partial charge is 0.258 e. The molecule has 0 saturated heterocycles. The van der Waals surface area contributed by atoms with Gasteiger partial charge in [-0.3, -0.25) is 0 Å². The number of hydrogen-bond donors (Lipinski definition) is 1. The van der Waals surface area contributed by atoms with E-state index in [9.17, 15) is 0 Å². The zero-order chi connectivity index (χ0) is 21.1. The Morgan fingerprint density at radius 2 is 1.83 bits per heavy atom. The van der Waals surface area contributed by atoms with E-state index in [-0.39, 0.29) is 6.04 Å². The van der Waals surface area contributed by atoms with Gasteiger partial charge in [0.05, 0.1) is 18.2 Å². The van der Waals surface area contributed by atoms with Crippen molar-refractivity contribution in [3.63, 3.8) is 0 Å². The molecule has 154 valence electrons. The van der Waals surface area contributed by atoms with Crippen LogP contribution in [0.15, 0.2) is 64.8 Å². The second-order valence-corrected chi connectivity index (χ2v) is 7.30. The molecule has 0 radical (unpaired) electrons. The predicted molar refractivity (Wildman–Crippen MR) is 121 cm³/mol. The van der Waals surface area contributed by atoms with Gasteiger partial charge in [0.2, 0.25) is 5.82 Å². The van der Waals surface area contributed by atoms with Crippen molar-refractivity contribution in [3.8, 4) is 17.1 Å². The van der Waals surface area contributed by atoms with Crippen LogP contribution in [-0.4, -0.2) is 33.3 Å². The highest BCUT2D eigenvalue weighted by Gasteiger charge is 2.33. The largest absolute Gasteiger partial charge is 0.494 e. The molecule has 4 rings (SSSR count). The Hall–Kier alpha value is -3.19. The summed E-state index contributed by atoms with van der Waals surface area (Å²) in [4.78, 5) is 6.74. The SMILES string of the molecule is CCOc1ccc(C2NC(=S)N(CC)C(C)=C2c2nc(-c3ccccc3)no2)cc1. The van der Waals surface area contributed by atoms with Crippen molar-refractivity contribution in [2.75, 3.05) is 13.2 Å². The Bertz CT molecular complexity index is 1060. The number of hydrogen-bond acceptors (Lipinski definition) is 5. The third-order valence-electron chi connectivity index (χ3n) is 5.13. The molecule has 1 N–H and O–H groups in total. The lowest BCUT2D eigenvalue weighted by Crippen LogP contribution is -2.45. The molecule has 0 aliphatic carbocycles. The maximum absolute atomic E-state index is 5.72. The number of nitrogens with zero attached hydrogens (tertiary/aromatic N) is 3. The number of allylic oxidation sites excluding steroid dienone is 1. The molecule has 2 heterocycles. The number of ether oxygens (including phenoxy) is 1. The summed E-state index contributed by atoms with van der Waals surface area (Å²) in [5.41, 5.74) is 3.88. The number of rotatable bonds is 6. The van der Waals surface area contributed by atoms with Gasteiger partial charge in [0.1, 0.15) is 5.75 Å². The van der Waals surface area contributed by atoms with Crippen LogP contribution in [0.4, 0.5) is 0 Å². The van der Waals surface area contributed by atoms with Crippen molar-refractivity contribution in [1.82, 2.24) is 20.4 Å². The van der Waals surface area contributed by atoms with Crippen LogP contribution in [0.5, 0.6) is 5.75 Å². The Kier molecular flexibility index (Phi) is 5.81. The average molecular weight is 421 g/mol. The van der Waals surface area contributed by atoms with Gasteiger partial charge in [0.25, 0.3) is 5.89 Å². The third kappa shape index (κ3) is 3.80. The number of thiocarbonyl (C=S) groups is 1. The Labute approximate surface area is 181 Å². The van der Waals surface area contributed by atoms with E-state index in [2.05, 4.69) is 17.4 Å². The molecule has 0 amide bonds. The summed E-state index contributed by atoms with van der Waals surface area (Å²) in [7, 11) is 0. The molecule has 6 nitrogen and oxygen atoms in total. The first-order valence-corrected chi connectivity index (χ1v) is 10.4. The molecule has 2 aromatic carbocycles. The van der Waals surface area contributed by atoms with Gasteiger partial charge >= 0.3 is 0 Å². The lowest BCUT2D eigenvalue weighted by molar-refractivity contribution is 0.340. The van der Waals surface area contributed by atoms with Crippen LogP contribution in [0.3, 0.4) is 0 Å². The highest BCUT2D eigenvalue weighted by molar-refractivity contribution is 7.80. The monoisotopic (exact) mass is 420 g/mol. The van der Waals surface area contributed by atoms with Crippen molar-refractivity contribution < 1.29 is 9.26 Å². The van der Waals surface area contributed by atoms with Crippen molar-refractivity contribution >= 4 is 22.9 Å². The Morgan fingerprint density at radius 3 is 2.50 bits per heavy atom. The highest BCUT2D eigenvalue weighted by Crippen LogP contribution is 2.37. The first-order valence-electron chi connectivity index (χ1n) is 10.0. The summed E-state index contributed by atoms with van der Waals surface area (Å²) in [5, 5.41) is 8.34. The molecule has 1 aliphatic heterocycles. The topological polar surface area (TPSA) is 63.4 Å². The number of benzene rings is 2. The van der Waals surface area contributed by atoms with E-state index in [1.54, 1.807) is 0 Å². The summed E-state index contributed by atoms with van der Waals surface area (Å²) < 4.78 is 11.3. The van der Waals surface area contributed by atoms with Crippen molar-refractivity contribution in [3.05, 3.63) is 71.7 Å². The minimum absolute atomic E-state index is 0.194. The fourth-order valence-electron chi connectivity index (χ4n) is 3.65. The van der Waals surface area contributed by atoms with Crippen LogP contribution in [-0.2, 0) is 0 Å². The summed E-state index contributed by atoms with van der Waals surface area (Å²) in [5.74, 6) is 1.88. The van der Waals surface area contributed by atoms with E-state index in [0.29, 0.717) is 23.4 Å². The molecule has 1 unspecified atom stereocenters. The van der Waals surface area contributed by atoms with Crippen LogP contribution < -0.4 is 10.1 Å². The zero-order valence-electron chi connectivity index (χ0n) is 17.3. The van der Waals surface area contributed by atoms with E-state index in [0.717, 1.165) is 34.7 Å². The summed E-state index contributed by atoms with van der Waals surface area (Å²) in [6, 6.07) is 17.6. The quantitative estimate of drug-likeness (QED) is 0.574. The third-order valence-corrected chi connectivity index (χ3v) is 5.46. The van der Waals surface area contributed by atoms with Crippen LogP contribution in [0.1, 0.15) is 38.3 Å². The van der Waals surface area contributed by atoms with Gasteiger partial charge in [0, 0.05) is 17.8 Å². The molecule has 7 heteroatoms. The molecule has 1 atom stereocenters. The summed E-state index contributed by atoms with van der Waals surface area (Å²) >= 11 is 5.62. The van der Waals surface area contributed by atoms with Gasteiger partial charge in [-0.15, -0.1) is 0 Å². The maximum atomic E-state index is 5.72. The molecule has 1 aromatic heterocycles.